The maximum absolute atomic E-state index is 12.5. The van der Waals surface area contributed by atoms with E-state index in [1.54, 1.807) is 0 Å². The summed E-state index contributed by atoms with van der Waals surface area (Å²) in [5.41, 5.74) is 2.49. The first-order valence-electron chi connectivity index (χ1n) is 8.33. The maximum Gasteiger partial charge on any atom is 0.253 e. The minimum atomic E-state index is 0.0876. The number of nitrogens with one attached hydrogen (secondary N) is 2. The highest BCUT2D eigenvalue weighted by Crippen LogP contribution is 2.14. The molecule has 2 aromatic rings. The highest BCUT2D eigenvalue weighted by molar-refractivity contribution is 7.80. The predicted octanol–water partition coefficient (Wildman–Crippen LogP) is 2.88. The van der Waals surface area contributed by atoms with Gasteiger partial charge < -0.3 is 20.4 Å². The molecule has 0 radical (unpaired) electrons. The molecular formula is C19H22N4OS. The van der Waals surface area contributed by atoms with Crippen LogP contribution in [0.15, 0.2) is 54.6 Å². The average molecular weight is 354 g/mol. The van der Waals surface area contributed by atoms with Crippen molar-refractivity contribution in [3.8, 4) is 0 Å². The van der Waals surface area contributed by atoms with Crippen LogP contribution in [0.3, 0.4) is 0 Å². The number of amides is 1. The Hall–Kier alpha value is -2.44. The van der Waals surface area contributed by atoms with E-state index in [-0.39, 0.29) is 5.91 Å². The van der Waals surface area contributed by atoms with Crippen LogP contribution in [-0.2, 0) is 0 Å². The Bertz CT molecular complexity index is 725. The molecule has 130 valence electrons. The van der Waals surface area contributed by atoms with Crippen LogP contribution in [0.5, 0.6) is 0 Å². The highest BCUT2D eigenvalue weighted by Gasteiger charge is 2.20. The largest absolute Gasteiger partial charge is 0.336 e. The number of thiocarbonyl (C=S) groups is 1. The summed E-state index contributed by atoms with van der Waals surface area (Å²) >= 11 is 5.31. The lowest BCUT2D eigenvalue weighted by Gasteiger charge is -2.32. The molecule has 0 atom stereocenters. The van der Waals surface area contributed by atoms with Gasteiger partial charge in [0.25, 0.3) is 5.91 Å². The summed E-state index contributed by atoms with van der Waals surface area (Å²) in [6, 6.07) is 17.2. The Morgan fingerprint density at radius 1 is 0.880 bits per heavy atom. The maximum atomic E-state index is 12.5. The first-order valence-corrected chi connectivity index (χ1v) is 8.73. The molecule has 5 nitrogen and oxygen atoms in total. The molecule has 25 heavy (non-hydrogen) atoms. The average Bonchev–Trinajstić information content (AvgIpc) is 2.63. The van der Waals surface area contributed by atoms with Crippen molar-refractivity contribution in [3.63, 3.8) is 0 Å². The molecule has 0 spiro atoms. The fraction of sp³-hybridized carbons (Fsp3) is 0.263. The topological polar surface area (TPSA) is 47.6 Å². The van der Waals surface area contributed by atoms with Crippen LogP contribution in [0, 0.1) is 0 Å². The Balaban J connectivity index is 1.56. The van der Waals surface area contributed by atoms with Gasteiger partial charge in [0.2, 0.25) is 0 Å². The van der Waals surface area contributed by atoms with Gasteiger partial charge in [-0.25, -0.2) is 0 Å². The third kappa shape index (κ3) is 4.78. The Kier molecular flexibility index (Phi) is 5.63. The monoisotopic (exact) mass is 354 g/mol. The zero-order chi connectivity index (χ0) is 17.6. The van der Waals surface area contributed by atoms with Gasteiger partial charge in [0.15, 0.2) is 5.11 Å². The predicted molar refractivity (Wildman–Crippen MR) is 106 cm³/mol. The van der Waals surface area contributed by atoms with Crippen molar-refractivity contribution in [1.29, 1.82) is 0 Å². The lowest BCUT2D eigenvalue weighted by atomic mass is 10.1. The van der Waals surface area contributed by atoms with Gasteiger partial charge in [-0.3, -0.25) is 4.79 Å². The standard InChI is InChI=1S/C19H22N4OS/c1-22-11-13-23(14-12-22)18(24)15-7-9-17(10-8-15)21-19(25)20-16-5-3-2-4-6-16/h2-10H,11-14H2,1H3,(H2,20,21,25). The van der Waals surface area contributed by atoms with Crippen molar-refractivity contribution in [3.05, 3.63) is 60.2 Å². The molecule has 0 aliphatic carbocycles. The molecule has 2 aromatic carbocycles. The van der Waals surface area contributed by atoms with Crippen molar-refractivity contribution in [2.75, 3.05) is 43.9 Å². The second kappa shape index (κ2) is 8.09. The molecule has 1 fully saturated rings. The number of carbonyl (C=O) groups excluding carboxylic acids is 1. The van der Waals surface area contributed by atoms with E-state index in [9.17, 15) is 4.79 Å². The molecule has 6 heteroatoms. The number of rotatable bonds is 3. The summed E-state index contributed by atoms with van der Waals surface area (Å²) in [6.45, 7) is 3.40. The van der Waals surface area contributed by atoms with Crippen LogP contribution in [0.4, 0.5) is 11.4 Å². The van der Waals surface area contributed by atoms with Crippen LogP contribution in [0.1, 0.15) is 10.4 Å². The van der Waals surface area contributed by atoms with Gasteiger partial charge in [-0.05, 0) is 55.7 Å². The molecule has 3 rings (SSSR count). The number of para-hydroxylation sites is 1. The minimum absolute atomic E-state index is 0.0876. The van der Waals surface area contributed by atoms with E-state index < -0.39 is 0 Å². The third-order valence-electron chi connectivity index (χ3n) is 4.21. The SMILES string of the molecule is CN1CCN(C(=O)c2ccc(NC(=S)Nc3ccccc3)cc2)CC1. The van der Waals surface area contributed by atoms with Gasteiger partial charge in [0, 0.05) is 43.1 Å². The number of hydrogen-bond donors (Lipinski definition) is 2. The third-order valence-corrected chi connectivity index (χ3v) is 4.42. The summed E-state index contributed by atoms with van der Waals surface area (Å²) in [7, 11) is 2.08. The summed E-state index contributed by atoms with van der Waals surface area (Å²) in [4.78, 5) is 16.7. The van der Waals surface area contributed by atoms with E-state index in [0.29, 0.717) is 10.7 Å². The van der Waals surface area contributed by atoms with E-state index in [1.165, 1.54) is 0 Å². The van der Waals surface area contributed by atoms with Crippen LogP contribution >= 0.6 is 12.2 Å². The molecule has 0 aromatic heterocycles. The van der Waals surface area contributed by atoms with E-state index in [4.69, 9.17) is 12.2 Å². The number of hydrogen-bond acceptors (Lipinski definition) is 3. The van der Waals surface area contributed by atoms with Crippen LogP contribution in [0.25, 0.3) is 0 Å². The summed E-state index contributed by atoms with van der Waals surface area (Å²) in [5.74, 6) is 0.0876. The number of nitrogens with zero attached hydrogens (tertiary/aromatic N) is 2. The van der Waals surface area contributed by atoms with E-state index in [0.717, 1.165) is 37.6 Å². The molecule has 1 aliphatic heterocycles. The first kappa shape index (κ1) is 17.4. The molecule has 1 amide bonds. The normalized spacial score (nSPS) is 14.8. The smallest absolute Gasteiger partial charge is 0.253 e. The van der Waals surface area contributed by atoms with Crippen molar-refractivity contribution in [1.82, 2.24) is 9.80 Å². The van der Waals surface area contributed by atoms with Crippen LogP contribution in [0.2, 0.25) is 0 Å². The van der Waals surface area contributed by atoms with Gasteiger partial charge in [-0.1, -0.05) is 18.2 Å². The zero-order valence-electron chi connectivity index (χ0n) is 14.2. The fourth-order valence-electron chi connectivity index (χ4n) is 2.70. The van der Waals surface area contributed by atoms with Gasteiger partial charge >= 0.3 is 0 Å². The molecule has 1 heterocycles. The van der Waals surface area contributed by atoms with Gasteiger partial charge in [0.05, 0.1) is 0 Å². The van der Waals surface area contributed by atoms with Gasteiger partial charge in [0.1, 0.15) is 0 Å². The Morgan fingerprint density at radius 2 is 1.44 bits per heavy atom. The molecule has 0 bridgehead atoms. The van der Waals surface area contributed by atoms with E-state index >= 15 is 0 Å². The quantitative estimate of drug-likeness (QED) is 0.830. The molecule has 2 N–H and O–H groups in total. The van der Waals surface area contributed by atoms with Crippen molar-refractivity contribution in [2.45, 2.75) is 0 Å². The number of likely N-dealkylation sites (N-methyl/N-ethyl adjacent to an activating group) is 1. The molecule has 1 aliphatic rings. The first-order chi connectivity index (χ1) is 12.1. The van der Waals surface area contributed by atoms with E-state index in [1.807, 2.05) is 59.5 Å². The van der Waals surface area contributed by atoms with Gasteiger partial charge in [-0.15, -0.1) is 0 Å². The van der Waals surface area contributed by atoms with Crippen molar-refractivity contribution in [2.24, 2.45) is 0 Å². The number of piperazine rings is 1. The van der Waals surface area contributed by atoms with Crippen LogP contribution < -0.4 is 10.6 Å². The van der Waals surface area contributed by atoms with Crippen molar-refractivity contribution >= 4 is 34.6 Å². The molecule has 0 saturated carbocycles. The zero-order valence-corrected chi connectivity index (χ0v) is 15.1. The number of anilines is 2. The number of carbonyl (C=O) groups is 1. The minimum Gasteiger partial charge on any atom is -0.336 e. The summed E-state index contributed by atoms with van der Waals surface area (Å²) in [6.07, 6.45) is 0. The fourth-order valence-corrected chi connectivity index (χ4v) is 2.94. The lowest BCUT2D eigenvalue weighted by molar-refractivity contribution is 0.0664. The second-order valence-corrected chi connectivity index (χ2v) is 6.53. The van der Waals surface area contributed by atoms with Crippen LogP contribution in [-0.4, -0.2) is 54.0 Å². The lowest BCUT2D eigenvalue weighted by Crippen LogP contribution is -2.47. The number of benzene rings is 2. The van der Waals surface area contributed by atoms with E-state index in [2.05, 4.69) is 22.6 Å². The second-order valence-electron chi connectivity index (χ2n) is 6.12. The van der Waals surface area contributed by atoms with Crippen molar-refractivity contribution < 1.29 is 4.79 Å². The molecule has 0 unspecified atom stereocenters. The summed E-state index contributed by atoms with van der Waals surface area (Å²) in [5, 5.41) is 6.77. The highest BCUT2D eigenvalue weighted by atomic mass is 32.1. The Labute approximate surface area is 153 Å². The Morgan fingerprint density at radius 3 is 2.04 bits per heavy atom. The molecule has 1 saturated heterocycles. The summed E-state index contributed by atoms with van der Waals surface area (Å²) < 4.78 is 0. The van der Waals surface area contributed by atoms with Gasteiger partial charge in [-0.2, -0.15) is 0 Å². The molecular weight excluding hydrogens is 332 g/mol.